The summed E-state index contributed by atoms with van der Waals surface area (Å²) in [5.41, 5.74) is 8.39. The van der Waals surface area contributed by atoms with Crippen LogP contribution >= 0.6 is 0 Å². The molecule has 0 spiro atoms. The summed E-state index contributed by atoms with van der Waals surface area (Å²) in [6.45, 7) is 3.43. The quantitative estimate of drug-likeness (QED) is 0.658. The summed E-state index contributed by atoms with van der Waals surface area (Å²) in [6.07, 6.45) is 2.99. The van der Waals surface area contributed by atoms with Gasteiger partial charge in [0.2, 0.25) is 0 Å². The van der Waals surface area contributed by atoms with Crippen LogP contribution in [0.2, 0.25) is 0 Å². The van der Waals surface area contributed by atoms with E-state index in [1.165, 1.54) is 11.1 Å². The van der Waals surface area contributed by atoms with Crippen LogP contribution in [0.25, 0.3) is 0 Å². The number of hydrogen-bond acceptors (Lipinski definition) is 4. The number of benzene rings is 2. The molecule has 136 valence electrons. The van der Waals surface area contributed by atoms with E-state index in [0.29, 0.717) is 13.2 Å². The highest BCUT2D eigenvalue weighted by molar-refractivity contribution is 5.43. The average Bonchev–Trinajstić information content (AvgIpc) is 2.67. The molecule has 0 aliphatic rings. The highest BCUT2D eigenvalue weighted by Gasteiger charge is 2.14. The lowest BCUT2D eigenvalue weighted by Gasteiger charge is -2.18. The van der Waals surface area contributed by atoms with Crippen molar-refractivity contribution < 1.29 is 14.2 Å². The number of ether oxygens (including phenoxy) is 3. The van der Waals surface area contributed by atoms with Crippen molar-refractivity contribution in [2.75, 3.05) is 27.4 Å². The third kappa shape index (κ3) is 5.40. The monoisotopic (exact) mass is 343 g/mol. The number of methoxy groups -OCH3 is 2. The number of unbranched alkanes of at least 4 members (excludes halogenated alkanes) is 1. The maximum Gasteiger partial charge on any atom is 0.161 e. The Morgan fingerprint density at radius 2 is 1.84 bits per heavy atom. The zero-order valence-corrected chi connectivity index (χ0v) is 15.5. The first kappa shape index (κ1) is 19.1. The molecule has 4 nitrogen and oxygen atoms in total. The van der Waals surface area contributed by atoms with E-state index in [0.717, 1.165) is 36.5 Å². The van der Waals surface area contributed by atoms with Crippen molar-refractivity contribution >= 4 is 0 Å². The number of hydrogen-bond donors (Lipinski definition) is 1. The number of rotatable bonds is 10. The van der Waals surface area contributed by atoms with Crippen LogP contribution in [0.4, 0.5) is 0 Å². The summed E-state index contributed by atoms with van der Waals surface area (Å²) in [7, 11) is 3.35. The molecule has 25 heavy (non-hydrogen) atoms. The second-order valence-corrected chi connectivity index (χ2v) is 6.10. The van der Waals surface area contributed by atoms with Gasteiger partial charge in [0.15, 0.2) is 11.5 Å². The van der Waals surface area contributed by atoms with Gasteiger partial charge in [-0.15, -0.1) is 0 Å². The predicted molar refractivity (Wildman–Crippen MR) is 102 cm³/mol. The summed E-state index contributed by atoms with van der Waals surface area (Å²) < 4.78 is 16.6. The SMILES string of the molecule is CCCCOc1ccc(CC(CN)c2cccc(OC)c2)cc1OC. The minimum atomic E-state index is 0.228. The van der Waals surface area contributed by atoms with Gasteiger partial charge in [-0.2, -0.15) is 0 Å². The van der Waals surface area contributed by atoms with Crippen LogP contribution in [0, 0.1) is 0 Å². The van der Waals surface area contributed by atoms with E-state index in [1.807, 2.05) is 24.3 Å². The summed E-state index contributed by atoms with van der Waals surface area (Å²) in [6, 6.07) is 14.2. The van der Waals surface area contributed by atoms with Gasteiger partial charge in [-0.25, -0.2) is 0 Å². The summed E-state index contributed by atoms with van der Waals surface area (Å²) in [5, 5.41) is 0. The van der Waals surface area contributed by atoms with Gasteiger partial charge in [0, 0.05) is 5.92 Å². The molecular formula is C21H29NO3. The van der Waals surface area contributed by atoms with E-state index in [-0.39, 0.29) is 5.92 Å². The average molecular weight is 343 g/mol. The standard InChI is InChI=1S/C21H29NO3/c1-4-5-11-25-20-10-9-16(13-21(20)24-3)12-18(15-22)17-7-6-8-19(14-17)23-2/h6-10,13-14,18H,4-5,11-12,15,22H2,1-3H3. The lowest BCUT2D eigenvalue weighted by molar-refractivity contribution is 0.288. The van der Waals surface area contributed by atoms with Crippen LogP contribution in [0.15, 0.2) is 42.5 Å². The molecule has 0 fully saturated rings. The second-order valence-electron chi connectivity index (χ2n) is 6.10. The Morgan fingerprint density at radius 3 is 2.52 bits per heavy atom. The molecule has 1 atom stereocenters. The Labute approximate surface area is 150 Å². The van der Waals surface area contributed by atoms with Gasteiger partial charge in [0.1, 0.15) is 5.75 Å². The predicted octanol–water partition coefficient (Wildman–Crippen LogP) is 4.17. The van der Waals surface area contributed by atoms with Crippen LogP contribution in [0.1, 0.15) is 36.8 Å². The van der Waals surface area contributed by atoms with E-state index >= 15 is 0 Å². The molecule has 1 unspecified atom stereocenters. The molecule has 4 heteroatoms. The Balaban J connectivity index is 2.14. The molecule has 2 rings (SSSR count). The van der Waals surface area contributed by atoms with Gasteiger partial charge >= 0.3 is 0 Å². The Morgan fingerprint density at radius 1 is 1.00 bits per heavy atom. The highest BCUT2D eigenvalue weighted by Crippen LogP contribution is 2.31. The molecule has 2 aromatic carbocycles. The van der Waals surface area contributed by atoms with E-state index < -0.39 is 0 Å². The zero-order chi connectivity index (χ0) is 18.1. The van der Waals surface area contributed by atoms with Crippen molar-refractivity contribution in [2.45, 2.75) is 32.1 Å². The molecule has 0 bridgehead atoms. The molecule has 0 saturated heterocycles. The third-order valence-corrected chi connectivity index (χ3v) is 4.32. The molecule has 0 aliphatic heterocycles. The third-order valence-electron chi connectivity index (χ3n) is 4.32. The van der Waals surface area contributed by atoms with Crippen molar-refractivity contribution in [1.82, 2.24) is 0 Å². The summed E-state index contributed by atoms with van der Waals surface area (Å²) >= 11 is 0. The van der Waals surface area contributed by atoms with Gasteiger partial charge in [0.05, 0.1) is 20.8 Å². The second kappa shape index (κ2) is 9.94. The van der Waals surface area contributed by atoms with Gasteiger partial charge < -0.3 is 19.9 Å². The van der Waals surface area contributed by atoms with Crippen molar-refractivity contribution in [3.05, 3.63) is 53.6 Å². The minimum Gasteiger partial charge on any atom is -0.497 e. The van der Waals surface area contributed by atoms with Gasteiger partial charge in [-0.3, -0.25) is 0 Å². The van der Waals surface area contributed by atoms with Crippen molar-refractivity contribution in [2.24, 2.45) is 5.73 Å². The van der Waals surface area contributed by atoms with E-state index in [4.69, 9.17) is 19.9 Å². The first-order chi connectivity index (χ1) is 12.2. The van der Waals surface area contributed by atoms with Crippen LogP contribution in [-0.2, 0) is 6.42 Å². The van der Waals surface area contributed by atoms with E-state index in [1.54, 1.807) is 14.2 Å². The lowest BCUT2D eigenvalue weighted by Crippen LogP contribution is -2.15. The number of nitrogens with two attached hydrogens (primary N) is 1. The molecule has 0 amide bonds. The van der Waals surface area contributed by atoms with Gasteiger partial charge in [0.25, 0.3) is 0 Å². The van der Waals surface area contributed by atoms with E-state index in [9.17, 15) is 0 Å². The van der Waals surface area contributed by atoms with Crippen molar-refractivity contribution in [1.29, 1.82) is 0 Å². The van der Waals surface area contributed by atoms with Crippen molar-refractivity contribution in [3.8, 4) is 17.2 Å². The van der Waals surface area contributed by atoms with Crippen LogP contribution < -0.4 is 19.9 Å². The Bertz CT molecular complexity index is 657. The molecule has 0 saturated carbocycles. The van der Waals surface area contributed by atoms with Gasteiger partial charge in [-0.05, 0) is 54.8 Å². The first-order valence-corrected chi connectivity index (χ1v) is 8.85. The first-order valence-electron chi connectivity index (χ1n) is 8.85. The molecule has 0 aliphatic carbocycles. The van der Waals surface area contributed by atoms with Crippen LogP contribution in [0.5, 0.6) is 17.2 Å². The fourth-order valence-electron chi connectivity index (χ4n) is 2.80. The highest BCUT2D eigenvalue weighted by atomic mass is 16.5. The molecule has 0 heterocycles. The molecule has 2 aromatic rings. The summed E-state index contributed by atoms with van der Waals surface area (Å²) in [5.74, 6) is 2.65. The zero-order valence-electron chi connectivity index (χ0n) is 15.5. The Hall–Kier alpha value is -2.20. The van der Waals surface area contributed by atoms with Crippen LogP contribution in [0.3, 0.4) is 0 Å². The maximum atomic E-state index is 6.03. The lowest BCUT2D eigenvalue weighted by atomic mass is 9.92. The smallest absolute Gasteiger partial charge is 0.161 e. The minimum absolute atomic E-state index is 0.228. The summed E-state index contributed by atoms with van der Waals surface area (Å²) in [4.78, 5) is 0. The molecule has 0 aromatic heterocycles. The van der Waals surface area contributed by atoms with Crippen LogP contribution in [-0.4, -0.2) is 27.4 Å². The normalized spacial score (nSPS) is 11.8. The fraction of sp³-hybridized carbons (Fsp3) is 0.429. The largest absolute Gasteiger partial charge is 0.497 e. The van der Waals surface area contributed by atoms with E-state index in [2.05, 4.69) is 25.1 Å². The van der Waals surface area contributed by atoms with Crippen molar-refractivity contribution in [3.63, 3.8) is 0 Å². The fourth-order valence-corrected chi connectivity index (χ4v) is 2.80. The maximum absolute atomic E-state index is 6.03. The molecule has 2 N–H and O–H groups in total. The molecular weight excluding hydrogens is 314 g/mol. The van der Waals surface area contributed by atoms with Gasteiger partial charge in [-0.1, -0.05) is 31.5 Å². The Kier molecular flexibility index (Phi) is 7.61. The molecule has 0 radical (unpaired) electrons. The topological polar surface area (TPSA) is 53.7 Å².